The van der Waals surface area contributed by atoms with Crippen molar-refractivity contribution in [3.8, 4) is 0 Å². The molecule has 0 amide bonds. The normalized spacial score (nSPS) is 25.0. The zero-order valence-corrected chi connectivity index (χ0v) is 11.0. The quantitative estimate of drug-likeness (QED) is 0.865. The topological polar surface area (TPSA) is 15.3 Å². The Morgan fingerprint density at radius 2 is 2.17 bits per heavy atom. The Morgan fingerprint density at radius 3 is 2.89 bits per heavy atom. The second-order valence-electron chi connectivity index (χ2n) is 5.63. The highest BCUT2D eigenvalue weighted by atomic mass is 19.1. The second kappa shape index (κ2) is 4.88. The molecule has 1 saturated heterocycles. The fourth-order valence-electron chi connectivity index (χ4n) is 2.78. The summed E-state index contributed by atoms with van der Waals surface area (Å²) in [5, 5.41) is 3.63. The van der Waals surface area contributed by atoms with Crippen LogP contribution in [-0.4, -0.2) is 25.7 Å². The Morgan fingerprint density at radius 1 is 1.33 bits per heavy atom. The molecule has 0 radical (unpaired) electrons. The first-order valence-corrected chi connectivity index (χ1v) is 6.98. The van der Waals surface area contributed by atoms with Crippen LogP contribution in [-0.2, 0) is 0 Å². The molecule has 0 bridgehead atoms. The second-order valence-corrected chi connectivity index (χ2v) is 5.63. The summed E-state index contributed by atoms with van der Waals surface area (Å²) in [6, 6.07) is 6.21. The van der Waals surface area contributed by atoms with Gasteiger partial charge in [-0.05, 0) is 56.3 Å². The lowest BCUT2D eigenvalue weighted by Gasteiger charge is -2.26. The molecule has 1 aromatic carbocycles. The van der Waals surface area contributed by atoms with Crippen molar-refractivity contribution in [1.82, 2.24) is 5.32 Å². The van der Waals surface area contributed by atoms with Crippen molar-refractivity contribution < 1.29 is 4.39 Å². The highest BCUT2D eigenvalue weighted by molar-refractivity contribution is 5.48. The third-order valence-corrected chi connectivity index (χ3v) is 4.14. The monoisotopic (exact) mass is 248 g/mol. The third kappa shape index (κ3) is 2.51. The van der Waals surface area contributed by atoms with Crippen molar-refractivity contribution >= 4 is 5.69 Å². The van der Waals surface area contributed by atoms with E-state index in [1.54, 1.807) is 6.07 Å². The van der Waals surface area contributed by atoms with E-state index in [0.717, 1.165) is 43.2 Å². The number of hydrogen-bond donors (Lipinski definition) is 1. The van der Waals surface area contributed by atoms with Gasteiger partial charge in [-0.3, -0.25) is 0 Å². The maximum atomic E-state index is 13.7. The number of rotatable bonds is 2. The predicted molar refractivity (Wildman–Crippen MR) is 72.5 cm³/mol. The largest absolute Gasteiger partial charge is 0.370 e. The molecule has 3 heteroatoms. The summed E-state index contributed by atoms with van der Waals surface area (Å²) >= 11 is 0. The van der Waals surface area contributed by atoms with E-state index >= 15 is 0 Å². The standard InChI is InChI=1S/C15H21FN2/c1-11-3-6-13(9-14(11)16)18-8-2-7-17-15(10-18)12-4-5-12/h3,6,9,12,15,17H,2,4-5,7-8,10H2,1H3. The van der Waals surface area contributed by atoms with Crippen LogP contribution in [0.2, 0.25) is 0 Å². The Hall–Kier alpha value is -1.09. The maximum Gasteiger partial charge on any atom is 0.128 e. The van der Waals surface area contributed by atoms with Gasteiger partial charge in [0.2, 0.25) is 0 Å². The van der Waals surface area contributed by atoms with Crippen LogP contribution in [0.4, 0.5) is 10.1 Å². The minimum Gasteiger partial charge on any atom is -0.370 e. The molecule has 18 heavy (non-hydrogen) atoms. The fourth-order valence-corrected chi connectivity index (χ4v) is 2.78. The van der Waals surface area contributed by atoms with E-state index in [-0.39, 0.29) is 5.82 Å². The first kappa shape index (κ1) is 12.0. The summed E-state index contributed by atoms with van der Waals surface area (Å²) in [7, 11) is 0. The molecule has 2 nitrogen and oxygen atoms in total. The molecule has 98 valence electrons. The third-order valence-electron chi connectivity index (χ3n) is 4.14. The molecule has 2 fully saturated rings. The fraction of sp³-hybridized carbons (Fsp3) is 0.600. The molecule has 0 aromatic heterocycles. The van der Waals surface area contributed by atoms with Gasteiger partial charge >= 0.3 is 0 Å². The number of hydrogen-bond acceptors (Lipinski definition) is 2. The van der Waals surface area contributed by atoms with Gasteiger partial charge in [0, 0.05) is 24.8 Å². The Labute approximate surface area is 108 Å². The molecule has 1 atom stereocenters. The molecule has 1 aromatic rings. The van der Waals surface area contributed by atoms with Crippen LogP contribution in [0.25, 0.3) is 0 Å². The van der Waals surface area contributed by atoms with E-state index in [9.17, 15) is 4.39 Å². The van der Waals surface area contributed by atoms with Crippen LogP contribution in [0, 0.1) is 18.7 Å². The SMILES string of the molecule is Cc1ccc(N2CCCNC(C3CC3)C2)cc1F. The van der Waals surface area contributed by atoms with Gasteiger partial charge in [0.1, 0.15) is 5.82 Å². The molecule has 1 aliphatic carbocycles. The first-order valence-electron chi connectivity index (χ1n) is 6.98. The number of anilines is 1. The number of halogens is 1. The molecule has 2 aliphatic rings. The Balaban J connectivity index is 1.78. The van der Waals surface area contributed by atoms with Gasteiger partial charge in [-0.2, -0.15) is 0 Å². The van der Waals surface area contributed by atoms with Gasteiger partial charge in [-0.1, -0.05) is 6.07 Å². The lowest BCUT2D eigenvalue weighted by Crippen LogP contribution is -2.39. The average molecular weight is 248 g/mol. The molecule has 0 spiro atoms. The first-order chi connectivity index (χ1) is 8.74. The van der Waals surface area contributed by atoms with Gasteiger partial charge < -0.3 is 10.2 Å². The van der Waals surface area contributed by atoms with Crippen LogP contribution >= 0.6 is 0 Å². The van der Waals surface area contributed by atoms with Crippen LogP contribution in [0.5, 0.6) is 0 Å². The van der Waals surface area contributed by atoms with Gasteiger partial charge in [0.05, 0.1) is 0 Å². The predicted octanol–water partition coefficient (Wildman–Crippen LogP) is 2.71. The molecule has 3 rings (SSSR count). The van der Waals surface area contributed by atoms with Gasteiger partial charge in [-0.15, -0.1) is 0 Å². The van der Waals surface area contributed by atoms with Crippen LogP contribution in [0.15, 0.2) is 18.2 Å². The van der Waals surface area contributed by atoms with Crippen LogP contribution in [0.3, 0.4) is 0 Å². The highest BCUT2D eigenvalue weighted by Gasteiger charge is 2.33. The lowest BCUT2D eigenvalue weighted by molar-refractivity contribution is 0.490. The van der Waals surface area contributed by atoms with Gasteiger partial charge in [-0.25, -0.2) is 4.39 Å². The van der Waals surface area contributed by atoms with Crippen LogP contribution in [0.1, 0.15) is 24.8 Å². The summed E-state index contributed by atoms with van der Waals surface area (Å²) in [4.78, 5) is 2.34. The van der Waals surface area contributed by atoms with Gasteiger partial charge in [0.15, 0.2) is 0 Å². The number of nitrogens with zero attached hydrogens (tertiary/aromatic N) is 1. The Kier molecular flexibility index (Phi) is 3.25. The Bertz CT molecular complexity index is 429. The van der Waals surface area contributed by atoms with E-state index in [4.69, 9.17) is 0 Å². The molecule has 1 N–H and O–H groups in total. The van der Waals surface area contributed by atoms with Crippen molar-refractivity contribution in [2.24, 2.45) is 5.92 Å². The maximum absolute atomic E-state index is 13.7. The van der Waals surface area contributed by atoms with Crippen molar-refractivity contribution in [2.75, 3.05) is 24.5 Å². The molecule has 1 heterocycles. The van der Waals surface area contributed by atoms with Gasteiger partial charge in [0.25, 0.3) is 0 Å². The zero-order valence-electron chi connectivity index (χ0n) is 11.0. The molecule has 1 unspecified atom stereocenters. The van der Waals surface area contributed by atoms with E-state index in [0.29, 0.717) is 6.04 Å². The minimum absolute atomic E-state index is 0.0901. The van der Waals surface area contributed by atoms with Crippen molar-refractivity contribution in [1.29, 1.82) is 0 Å². The van der Waals surface area contributed by atoms with Crippen LogP contribution < -0.4 is 10.2 Å². The summed E-state index contributed by atoms with van der Waals surface area (Å²) in [5.41, 5.74) is 1.76. The molecular formula is C15H21FN2. The van der Waals surface area contributed by atoms with Crippen molar-refractivity contribution in [3.63, 3.8) is 0 Å². The van der Waals surface area contributed by atoms with E-state index in [2.05, 4.69) is 10.2 Å². The number of benzene rings is 1. The molecular weight excluding hydrogens is 227 g/mol. The minimum atomic E-state index is -0.0901. The summed E-state index contributed by atoms with van der Waals surface area (Å²) in [6.07, 6.45) is 3.85. The van der Waals surface area contributed by atoms with E-state index in [1.165, 1.54) is 12.8 Å². The summed E-state index contributed by atoms with van der Waals surface area (Å²) in [5.74, 6) is 0.758. The number of aryl methyl sites for hydroxylation is 1. The van der Waals surface area contributed by atoms with E-state index in [1.807, 2.05) is 19.1 Å². The summed E-state index contributed by atoms with van der Waals surface area (Å²) < 4.78 is 13.7. The van der Waals surface area contributed by atoms with Crippen molar-refractivity contribution in [2.45, 2.75) is 32.2 Å². The van der Waals surface area contributed by atoms with E-state index < -0.39 is 0 Å². The average Bonchev–Trinajstić information content (AvgIpc) is 3.16. The summed E-state index contributed by atoms with van der Waals surface area (Å²) in [6.45, 7) is 4.95. The lowest BCUT2D eigenvalue weighted by atomic mass is 10.1. The molecule has 1 saturated carbocycles. The van der Waals surface area contributed by atoms with Crippen molar-refractivity contribution in [3.05, 3.63) is 29.6 Å². The number of nitrogens with one attached hydrogen (secondary N) is 1. The smallest absolute Gasteiger partial charge is 0.128 e. The highest BCUT2D eigenvalue weighted by Crippen LogP contribution is 2.34. The zero-order chi connectivity index (χ0) is 12.5. The molecule has 1 aliphatic heterocycles.